The van der Waals surface area contributed by atoms with Gasteiger partial charge in [-0.3, -0.25) is 0 Å². The molecule has 81 heavy (non-hydrogen) atoms. The molecule has 4 saturated carbocycles. The molecule has 0 heterocycles. The van der Waals surface area contributed by atoms with Crippen molar-refractivity contribution in [3.8, 4) is 23.0 Å². The molecule has 4 aromatic carbocycles. The Morgan fingerprint density at radius 1 is 0.358 bits per heavy atom. The Labute approximate surface area is 485 Å². The predicted molar refractivity (Wildman–Crippen MR) is 327 cm³/mol. The van der Waals surface area contributed by atoms with Crippen molar-refractivity contribution in [2.75, 3.05) is 0 Å². The molecule has 4 aliphatic rings. The lowest BCUT2D eigenvalue weighted by Gasteiger charge is -2.30. The third-order valence-electron chi connectivity index (χ3n) is 18.3. The molecule has 0 unspecified atom stereocenters. The molecule has 0 radical (unpaired) electrons. The lowest BCUT2D eigenvalue weighted by molar-refractivity contribution is -0.131. The highest BCUT2D eigenvalue weighted by Gasteiger charge is 2.32. The molecule has 0 saturated heterocycles. The van der Waals surface area contributed by atoms with E-state index >= 15 is 0 Å². The number of carbonyl (C=O) groups excluding carboxylic acids is 4. The predicted octanol–water partition coefficient (Wildman–Crippen LogP) is 19.2. The van der Waals surface area contributed by atoms with Gasteiger partial charge in [-0.05, 0) is 210 Å². The van der Waals surface area contributed by atoms with E-state index in [1.165, 1.54) is 47.9 Å². The van der Waals surface area contributed by atoms with E-state index in [1.807, 2.05) is 0 Å². The SMILES string of the molecule is C=C(C)C(=O)Oc1c(C)cc(C(CCCC(c2cc(C)c(OC(=O)C(=C)C)c(C3CCCCC3)c2)c2cc(C)c(OC(=O)C(=C)C)c(C3CCCCC3)c2)c2cc(C)c(OC(=O)C(=C)C)c(C3CCCCC3)c2)cc1C1CCCCC1. The minimum Gasteiger partial charge on any atom is -0.423 e. The zero-order valence-electron chi connectivity index (χ0n) is 50.4. The maximum atomic E-state index is 13.4. The van der Waals surface area contributed by atoms with Gasteiger partial charge >= 0.3 is 23.9 Å². The second-order valence-electron chi connectivity index (χ2n) is 25.1. The molecule has 4 aromatic rings. The Kier molecular flexibility index (Phi) is 20.8. The summed E-state index contributed by atoms with van der Waals surface area (Å²) in [7, 11) is 0. The van der Waals surface area contributed by atoms with E-state index in [4.69, 9.17) is 18.9 Å². The first-order valence-electron chi connectivity index (χ1n) is 30.9. The van der Waals surface area contributed by atoms with E-state index in [2.05, 4.69) is 103 Å². The van der Waals surface area contributed by atoms with Gasteiger partial charge in [-0.15, -0.1) is 0 Å². The van der Waals surface area contributed by atoms with Crippen molar-refractivity contribution in [2.24, 2.45) is 0 Å². The lowest BCUT2D eigenvalue weighted by atomic mass is 9.76. The minimum absolute atomic E-state index is 0.0727. The van der Waals surface area contributed by atoms with Gasteiger partial charge in [0.2, 0.25) is 0 Å². The summed E-state index contributed by atoms with van der Waals surface area (Å²) >= 11 is 0. The average molecular weight is 1100 g/mol. The Morgan fingerprint density at radius 2 is 0.556 bits per heavy atom. The van der Waals surface area contributed by atoms with Gasteiger partial charge in [0, 0.05) is 34.1 Å². The lowest BCUT2D eigenvalue weighted by Crippen LogP contribution is -2.17. The summed E-state index contributed by atoms with van der Waals surface area (Å²) in [6.45, 7) is 30.9. The standard InChI is InChI=1S/C73H92O8/c1-44(2)70(74)78-66-48(9)36-56(40-62(66)52-26-17-13-18-27-52)60(57-37-49(10)67(79-71(75)45(3)4)63(41-57)53-28-19-14-20-29-53)34-25-35-61(58-38-50(11)68(80-72(76)46(5)6)64(42-58)54-30-21-15-22-31-54)59-39-51(12)69(81-73(77)47(7)8)65(43-59)55-32-23-16-24-33-55/h36-43,52-55,60-61H,1,3,5,7,13-35H2,2,4,6,8-12H3. The van der Waals surface area contributed by atoms with Crippen molar-refractivity contribution in [1.82, 2.24) is 0 Å². The van der Waals surface area contributed by atoms with E-state index in [0.29, 0.717) is 45.3 Å². The van der Waals surface area contributed by atoms with Crippen molar-refractivity contribution >= 4 is 23.9 Å². The molecule has 4 aliphatic carbocycles. The number of hydrogen-bond donors (Lipinski definition) is 0. The zero-order valence-corrected chi connectivity index (χ0v) is 50.4. The summed E-state index contributed by atoms with van der Waals surface area (Å²) in [5, 5.41) is 0. The Morgan fingerprint density at radius 3 is 0.741 bits per heavy atom. The zero-order chi connectivity index (χ0) is 58.1. The molecule has 0 N–H and O–H groups in total. The normalized spacial score (nSPS) is 16.7. The molecule has 0 amide bonds. The fourth-order valence-corrected chi connectivity index (χ4v) is 13.8. The number of carbonyl (C=O) groups is 4. The quantitative estimate of drug-likeness (QED) is 0.0490. The van der Waals surface area contributed by atoms with Crippen LogP contribution in [0, 0.1) is 27.7 Å². The minimum atomic E-state index is -0.411. The molecular formula is C73H92O8. The van der Waals surface area contributed by atoms with E-state index in [-0.39, 0.29) is 35.5 Å². The van der Waals surface area contributed by atoms with Gasteiger partial charge in [0.05, 0.1) is 0 Å². The van der Waals surface area contributed by atoms with Crippen molar-refractivity contribution in [1.29, 1.82) is 0 Å². The van der Waals surface area contributed by atoms with Crippen LogP contribution in [-0.2, 0) is 19.2 Å². The monoisotopic (exact) mass is 1100 g/mol. The van der Waals surface area contributed by atoms with Crippen LogP contribution in [0.4, 0.5) is 0 Å². The molecular weight excluding hydrogens is 1000 g/mol. The summed E-state index contributed by atoms with van der Waals surface area (Å²) in [5.41, 5.74) is 14.3. The van der Waals surface area contributed by atoms with Crippen molar-refractivity contribution in [3.63, 3.8) is 0 Å². The maximum Gasteiger partial charge on any atom is 0.338 e. The van der Waals surface area contributed by atoms with Crippen LogP contribution in [0.2, 0.25) is 0 Å². The fourth-order valence-electron chi connectivity index (χ4n) is 13.8. The van der Waals surface area contributed by atoms with Crippen LogP contribution in [0.15, 0.2) is 97.1 Å². The molecule has 8 rings (SSSR count). The topological polar surface area (TPSA) is 105 Å². The summed E-state index contributed by atoms with van der Waals surface area (Å²) in [6, 6.07) is 18.4. The first-order chi connectivity index (χ1) is 38.8. The average Bonchev–Trinajstić information content (AvgIpc) is 3.47. The summed E-state index contributed by atoms with van der Waals surface area (Å²) in [5.74, 6) is 1.82. The second kappa shape index (κ2) is 27.7. The van der Waals surface area contributed by atoms with Crippen LogP contribution in [0.5, 0.6) is 23.0 Å². The number of benzene rings is 4. The highest BCUT2D eigenvalue weighted by Crippen LogP contribution is 2.49. The van der Waals surface area contributed by atoms with Gasteiger partial charge < -0.3 is 18.9 Å². The van der Waals surface area contributed by atoms with Gasteiger partial charge in [-0.1, -0.05) is 158 Å². The largest absolute Gasteiger partial charge is 0.423 e. The third kappa shape index (κ3) is 14.9. The van der Waals surface area contributed by atoms with E-state index in [1.54, 1.807) is 27.7 Å². The maximum absolute atomic E-state index is 13.4. The van der Waals surface area contributed by atoms with E-state index < -0.39 is 23.9 Å². The highest BCUT2D eigenvalue weighted by molar-refractivity contribution is 5.91. The van der Waals surface area contributed by atoms with Crippen LogP contribution < -0.4 is 18.9 Å². The molecule has 0 bridgehead atoms. The van der Waals surface area contributed by atoms with Crippen LogP contribution in [0.1, 0.15) is 278 Å². The van der Waals surface area contributed by atoms with Crippen molar-refractivity contribution in [2.45, 2.75) is 239 Å². The number of ether oxygens (including phenoxy) is 4. The Hall–Kier alpha value is -6.28. The van der Waals surface area contributed by atoms with E-state index in [0.717, 1.165) is 167 Å². The third-order valence-corrected chi connectivity index (χ3v) is 18.3. The number of hydrogen-bond acceptors (Lipinski definition) is 8. The molecule has 0 aliphatic heterocycles. The Bertz CT molecular complexity index is 2630. The van der Waals surface area contributed by atoms with Crippen LogP contribution in [0.25, 0.3) is 0 Å². The van der Waals surface area contributed by atoms with E-state index in [9.17, 15) is 19.2 Å². The van der Waals surface area contributed by atoms with Crippen LogP contribution in [-0.4, -0.2) is 23.9 Å². The van der Waals surface area contributed by atoms with Gasteiger partial charge in [0.15, 0.2) is 0 Å². The number of esters is 4. The smallest absolute Gasteiger partial charge is 0.338 e. The molecule has 8 heteroatoms. The first-order valence-corrected chi connectivity index (χ1v) is 30.9. The van der Waals surface area contributed by atoms with Crippen LogP contribution in [0.3, 0.4) is 0 Å². The molecule has 432 valence electrons. The molecule has 8 nitrogen and oxygen atoms in total. The first kappa shape index (κ1) is 60.8. The second-order valence-corrected chi connectivity index (χ2v) is 25.1. The molecule has 0 atom stereocenters. The number of aryl methyl sites for hydroxylation is 4. The van der Waals surface area contributed by atoms with Gasteiger partial charge in [-0.2, -0.15) is 0 Å². The van der Waals surface area contributed by atoms with Crippen LogP contribution >= 0.6 is 0 Å². The Balaban J connectivity index is 1.31. The summed E-state index contributed by atoms with van der Waals surface area (Å²) in [4.78, 5) is 53.6. The summed E-state index contributed by atoms with van der Waals surface area (Å²) in [6.07, 6.45) is 24.4. The summed E-state index contributed by atoms with van der Waals surface area (Å²) < 4.78 is 25.1. The highest BCUT2D eigenvalue weighted by atomic mass is 16.5. The van der Waals surface area contributed by atoms with Gasteiger partial charge in [-0.25, -0.2) is 19.2 Å². The van der Waals surface area contributed by atoms with Gasteiger partial charge in [0.1, 0.15) is 23.0 Å². The number of rotatable bonds is 20. The van der Waals surface area contributed by atoms with Crippen molar-refractivity contribution in [3.05, 3.63) is 164 Å². The van der Waals surface area contributed by atoms with Crippen molar-refractivity contribution < 1.29 is 38.1 Å². The fraction of sp³-hybridized carbons (Fsp3) is 0.507. The molecule has 4 fully saturated rings. The van der Waals surface area contributed by atoms with Gasteiger partial charge in [0.25, 0.3) is 0 Å². The molecule has 0 spiro atoms. The molecule has 0 aromatic heterocycles.